The number of halogens is 2. The molecule has 0 saturated carbocycles. The maximum Gasteiger partial charge on any atom is 0.175 e. The maximum atomic E-state index is 12.0. The van der Waals surface area contributed by atoms with Crippen molar-refractivity contribution in [3.8, 4) is 0 Å². The predicted molar refractivity (Wildman–Crippen MR) is 87.3 cm³/mol. The zero-order valence-corrected chi connectivity index (χ0v) is 13.6. The molecular weight excluding hydrogens is 360 g/mol. The molecule has 20 heavy (non-hydrogen) atoms. The molecule has 104 valence electrons. The first kappa shape index (κ1) is 15.3. The van der Waals surface area contributed by atoms with Crippen molar-refractivity contribution in [3.05, 3.63) is 74.6 Å². The minimum Gasteiger partial charge on any atom is -0.224 e. The van der Waals surface area contributed by atoms with Gasteiger partial charge in [0.15, 0.2) is 9.84 Å². The second-order valence-corrected chi connectivity index (χ2v) is 7.53. The molecule has 0 heterocycles. The van der Waals surface area contributed by atoms with Gasteiger partial charge < -0.3 is 0 Å². The normalized spacial score (nSPS) is 11.9. The van der Waals surface area contributed by atoms with Gasteiger partial charge in [-0.25, -0.2) is 8.42 Å². The average molecular weight is 372 g/mol. The molecule has 0 bridgehead atoms. The van der Waals surface area contributed by atoms with Crippen LogP contribution in [0.15, 0.2) is 58.4 Å². The van der Waals surface area contributed by atoms with E-state index in [1.165, 1.54) is 5.41 Å². The van der Waals surface area contributed by atoms with E-state index >= 15 is 0 Å². The maximum absolute atomic E-state index is 12.0. The zero-order valence-electron chi connectivity index (χ0n) is 10.5. The highest BCUT2D eigenvalue weighted by Gasteiger charge is 2.07. The Hall–Kier alpha value is -1.10. The van der Waals surface area contributed by atoms with Crippen molar-refractivity contribution in [2.24, 2.45) is 0 Å². The molecule has 0 amide bonds. The van der Waals surface area contributed by atoms with Gasteiger partial charge >= 0.3 is 0 Å². The van der Waals surface area contributed by atoms with Gasteiger partial charge in [-0.05, 0) is 41.5 Å². The largest absolute Gasteiger partial charge is 0.224 e. The lowest BCUT2D eigenvalue weighted by atomic mass is 10.2. The number of benzene rings is 2. The Bertz CT molecular complexity index is 705. The third-order valence-corrected chi connectivity index (χ3v) is 4.69. The van der Waals surface area contributed by atoms with Gasteiger partial charge in [0.2, 0.25) is 0 Å². The molecule has 0 spiro atoms. The Morgan fingerprint density at radius 2 is 1.60 bits per heavy atom. The van der Waals surface area contributed by atoms with Crippen LogP contribution in [0.5, 0.6) is 0 Å². The van der Waals surface area contributed by atoms with E-state index in [0.717, 1.165) is 15.6 Å². The van der Waals surface area contributed by atoms with Gasteiger partial charge in [-0.1, -0.05) is 51.8 Å². The van der Waals surface area contributed by atoms with Gasteiger partial charge in [-0.2, -0.15) is 0 Å². The smallest absolute Gasteiger partial charge is 0.175 e. The minimum absolute atomic E-state index is 0.00955. The van der Waals surface area contributed by atoms with Crippen molar-refractivity contribution in [1.82, 2.24) is 0 Å². The Balaban J connectivity index is 2.11. The van der Waals surface area contributed by atoms with E-state index in [-0.39, 0.29) is 5.75 Å². The highest BCUT2D eigenvalue weighted by Crippen LogP contribution is 2.15. The Labute approximate surface area is 132 Å². The van der Waals surface area contributed by atoms with Crippen molar-refractivity contribution >= 4 is 43.4 Å². The van der Waals surface area contributed by atoms with Crippen molar-refractivity contribution in [2.75, 3.05) is 0 Å². The van der Waals surface area contributed by atoms with Crippen molar-refractivity contribution in [3.63, 3.8) is 0 Å². The summed E-state index contributed by atoms with van der Waals surface area (Å²) in [6.07, 6.45) is 1.57. The molecule has 5 heteroatoms. The molecule has 2 nitrogen and oxygen atoms in total. The first-order chi connectivity index (χ1) is 9.44. The zero-order chi connectivity index (χ0) is 14.6. The van der Waals surface area contributed by atoms with Crippen LogP contribution in [0.4, 0.5) is 0 Å². The van der Waals surface area contributed by atoms with E-state index in [0.29, 0.717) is 5.02 Å². The van der Waals surface area contributed by atoms with Crippen LogP contribution in [0.3, 0.4) is 0 Å². The lowest BCUT2D eigenvalue weighted by Crippen LogP contribution is -1.99. The quantitative estimate of drug-likeness (QED) is 0.781. The van der Waals surface area contributed by atoms with Crippen LogP contribution in [-0.4, -0.2) is 8.42 Å². The molecule has 0 atom stereocenters. The standard InChI is InChI=1S/C15H12BrClO2S/c16-14-5-1-13(2-6-14)11-20(18,19)10-9-12-3-7-15(17)8-4-12/h1-10H,11H2/b10-9+. The van der Waals surface area contributed by atoms with Crippen LogP contribution < -0.4 is 0 Å². The van der Waals surface area contributed by atoms with Gasteiger partial charge in [-0.15, -0.1) is 0 Å². The Kier molecular flexibility index (Phi) is 5.02. The second kappa shape index (κ2) is 6.57. The number of hydrogen-bond donors (Lipinski definition) is 0. The van der Waals surface area contributed by atoms with Gasteiger partial charge in [-0.3, -0.25) is 0 Å². The number of sulfone groups is 1. The fourth-order valence-electron chi connectivity index (χ4n) is 1.62. The van der Waals surface area contributed by atoms with E-state index in [1.807, 2.05) is 12.1 Å². The fourth-order valence-corrected chi connectivity index (χ4v) is 3.13. The highest BCUT2D eigenvalue weighted by molar-refractivity contribution is 9.10. The van der Waals surface area contributed by atoms with Crippen LogP contribution in [0.25, 0.3) is 6.08 Å². The molecule has 0 aliphatic rings. The summed E-state index contributed by atoms with van der Waals surface area (Å²) in [7, 11) is -3.28. The van der Waals surface area contributed by atoms with Crippen molar-refractivity contribution in [2.45, 2.75) is 5.75 Å². The SMILES string of the molecule is O=S(=O)(/C=C/c1ccc(Cl)cc1)Cc1ccc(Br)cc1. The molecule has 2 aromatic carbocycles. The highest BCUT2D eigenvalue weighted by atomic mass is 79.9. The summed E-state index contributed by atoms with van der Waals surface area (Å²) in [5.74, 6) is -0.00955. The van der Waals surface area contributed by atoms with Crippen molar-refractivity contribution in [1.29, 1.82) is 0 Å². The Morgan fingerprint density at radius 3 is 2.20 bits per heavy atom. The van der Waals surface area contributed by atoms with E-state index in [2.05, 4.69) is 15.9 Å². The molecule has 2 rings (SSSR count). The molecule has 0 unspecified atom stereocenters. The molecule has 0 saturated heterocycles. The third-order valence-electron chi connectivity index (χ3n) is 2.62. The van der Waals surface area contributed by atoms with Crippen LogP contribution in [0.2, 0.25) is 5.02 Å². The summed E-state index contributed by atoms with van der Waals surface area (Å²) in [5, 5.41) is 1.86. The van der Waals surface area contributed by atoms with Crippen LogP contribution in [-0.2, 0) is 15.6 Å². The van der Waals surface area contributed by atoms with E-state index in [1.54, 1.807) is 42.5 Å². The molecule has 0 radical (unpaired) electrons. The first-order valence-corrected chi connectivity index (χ1v) is 8.74. The first-order valence-electron chi connectivity index (χ1n) is 5.85. The van der Waals surface area contributed by atoms with E-state index < -0.39 is 9.84 Å². The molecule has 0 fully saturated rings. The summed E-state index contributed by atoms with van der Waals surface area (Å²) in [4.78, 5) is 0. The lowest BCUT2D eigenvalue weighted by molar-refractivity contribution is 0.604. The van der Waals surface area contributed by atoms with E-state index in [4.69, 9.17) is 11.6 Å². The molecule has 0 aromatic heterocycles. The summed E-state index contributed by atoms with van der Waals surface area (Å²) < 4.78 is 24.9. The van der Waals surface area contributed by atoms with Gasteiger partial charge in [0.25, 0.3) is 0 Å². The number of hydrogen-bond acceptors (Lipinski definition) is 2. The second-order valence-electron chi connectivity index (χ2n) is 4.29. The van der Waals surface area contributed by atoms with Gasteiger partial charge in [0.05, 0.1) is 5.75 Å². The third kappa shape index (κ3) is 4.78. The molecule has 0 N–H and O–H groups in total. The summed E-state index contributed by atoms with van der Waals surface area (Å²) in [6, 6.07) is 14.2. The van der Waals surface area contributed by atoms with Gasteiger partial charge in [0.1, 0.15) is 0 Å². The average Bonchev–Trinajstić information content (AvgIpc) is 2.41. The summed E-state index contributed by atoms with van der Waals surface area (Å²) in [6.45, 7) is 0. The molecule has 2 aromatic rings. The fraction of sp³-hybridized carbons (Fsp3) is 0.0667. The summed E-state index contributed by atoms with van der Waals surface area (Å²) in [5.41, 5.74) is 1.56. The Morgan fingerprint density at radius 1 is 1.00 bits per heavy atom. The topological polar surface area (TPSA) is 34.1 Å². The van der Waals surface area contributed by atoms with Crippen LogP contribution in [0.1, 0.15) is 11.1 Å². The number of rotatable bonds is 4. The van der Waals surface area contributed by atoms with Crippen LogP contribution >= 0.6 is 27.5 Å². The summed E-state index contributed by atoms with van der Waals surface area (Å²) >= 11 is 9.09. The lowest BCUT2D eigenvalue weighted by Gasteiger charge is -2.00. The molecule has 0 aliphatic carbocycles. The van der Waals surface area contributed by atoms with E-state index in [9.17, 15) is 8.42 Å². The van der Waals surface area contributed by atoms with Crippen molar-refractivity contribution < 1.29 is 8.42 Å². The predicted octanol–water partition coefficient (Wildman–Crippen LogP) is 4.69. The minimum atomic E-state index is -3.28. The van der Waals surface area contributed by atoms with Crippen LogP contribution in [0, 0.1) is 0 Å². The molecular formula is C15H12BrClO2S. The monoisotopic (exact) mass is 370 g/mol. The van der Waals surface area contributed by atoms with Gasteiger partial charge in [0, 0.05) is 14.9 Å². The molecule has 0 aliphatic heterocycles.